The van der Waals surface area contributed by atoms with Gasteiger partial charge in [0.2, 0.25) is 0 Å². The second-order valence-corrected chi connectivity index (χ2v) is 4.86. The standard InChI is InChI=1S/C13H18FNO3/c1-13(2,8-16)7-15-11-5-4-9(14)6-10(11)12(17)18-3/h4-6,15-16H,7-8H2,1-3H3. The van der Waals surface area contributed by atoms with E-state index in [0.717, 1.165) is 6.07 Å². The molecule has 0 radical (unpaired) electrons. The predicted molar refractivity (Wildman–Crippen MR) is 67.1 cm³/mol. The van der Waals surface area contributed by atoms with E-state index >= 15 is 0 Å². The largest absolute Gasteiger partial charge is 0.465 e. The van der Waals surface area contributed by atoms with Gasteiger partial charge in [-0.25, -0.2) is 9.18 Å². The molecule has 0 amide bonds. The van der Waals surface area contributed by atoms with Gasteiger partial charge in [-0.05, 0) is 18.2 Å². The van der Waals surface area contributed by atoms with Crippen LogP contribution in [0.3, 0.4) is 0 Å². The Balaban J connectivity index is 2.91. The molecule has 0 heterocycles. The number of rotatable bonds is 5. The first-order valence-corrected chi connectivity index (χ1v) is 5.62. The van der Waals surface area contributed by atoms with Crippen LogP contribution in [-0.2, 0) is 4.74 Å². The number of aliphatic hydroxyl groups excluding tert-OH is 1. The molecular formula is C13H18FNO3. The molecule has 0 fully saturated rings. The van der Waals surface area contributed by atoms with Crippen LogP contribution in [0.15, 0.2) is 18.2 Å². The molecule has 0 saturated carbocycles. The number of hydrogen-bond donors (Lipinski definition) is 2. The molecule has 5 heteroatoms. The van der Waals surface area contributed by atoms with Gasteiger partial charge in [0.15, 0.2) is 0 Å². The van der Waals surface area contributed by atoms with Crippen LogP contribution in [0.4, 0.5) is 10.1 Å². The highest BCUT2D eigenvalue weighted by molar-refractivity contribution is 5.95. The Hall–Kier alpha value is -1.62. The van der Waals surface area contributed by atoms with Crippen molar-refractivity contribution in [1.29, 1.82) is 0 Å². The van der Waals surface area contributed by atoms with Crippen molar-refractivity contribution in [2.24, 2.45) is 5.41 Å². The highest BCUT2D eigenvalue weighted by Gasteiger charge is 2.18. The number of methoxy groups -OCH3 is 1. The van der Waals surface area contributed by atoms with E-state index in [2.05, 4.69) is 10.1 Å². The fourth-order valence-corrected chi connectivity index (χ4v) is 1.34. The maximum Gasteiger partial charge on any atom is 0.340 e. The fourth-order valence-electron chi connectivity index (χ4n) is 1.34. The summed E-state index contributed by atoms with van der Waals surface area (Å²) in [4.78, 5) is 11.5. The molecule has 4 nitrogen and oxygen atoms in total. The molecule has 0 bridgehead atoms. The van der Waals surface area contributed by atoms with Gasteiger partial charge in [-0.15, -0.1) is 0 Å². The zero-order valence-electron chi connectivity index (χ0n) is 10.8. The third-order valence-corrected chi connectivity index (χ3v) is 2.57. The molecule has 0 aromatic heterocycles. The topological polar surface area (TPSA) is 58.6 Å². The number of esters is 1. The van der Waals surface area contributed by atoms with Crippen molar-refractivity contribution in [3.8, 4) is 0 Å². The van der Waals surface area contributed by atoms with Crippen molar-refractivity contribution in [1.82, 2.24) is 0 Å². The summed E-state index contributed by atoms with van der Waals surface area (Å²) in [7, 11) is 1.24. The van der Waals surface area contributed by atoms with Crippen molar-refractivity contribution >= 4 is 11.7 Å². The molecule has 0 aliphatic rings. The summed E-state index contributed by atoms with van der Waals surface area (Å²) >= 11 is 0. The number of hydrogen-bond acceptors (Lipinski definition) is 4. The van der Waals surface area contributed by atoms with Crippen molar-refractivity contribution in [3.63, 3.8) is 0 Å². The Labute approximate surface area is 106 Å². The molecule has 18 heavy (non-hydrogen) atoms. The van der Waals surface area contributed by atoms with Crippen LogP contribution in [0, 0.1) is 11.2 Å². The molecule has 0 saturated heterocycles. The molecule has 0 aliphatic carbocycles. The minimum Gasteiger partial charge on any atom is -0.465 e. The smallest absolute Gasteiger partial charge is 0.340 e. The Bertz CT molecular complexity index is 432. The summed E-state index contributed by atoms with van der Waals surface area (Å²) in [6, 6.07) is 3.87. The molecule has 0 spiro atoms. The predicted octanol–water partition coefficient (Wildman–Crippen LogP) is 2.04. The number of benzene rings is 1. The van der Waals surface area contributed by atoms with Crippen LogP contribution in [0.2, 0.25) is 0 Å². The lowest BCUT2D eigenvalue weighted by Crippen LogP contribution is -2.27. The van der Waals surface area contributed by atoms with E-state index in [4.69, 9.17) is 5.11 Å². The van der Waals surface area contributed by atoms with Gasteiger partial charge in [0.05, 0.1) is 12.7 Å². The van der Waals surface area contributed by atoms with Crippen molar-refractivity contribution < 1.29 is 19.0 Å². The lowest BCUT2D eigenvalue weighted by molar-refractivity contribution is 0.0601. The average molecular weight is 255 g/mol. The summed E-state index contributed by atoms with van der Waals surface area (Å²) < 4.78 is 17.7. The molecule has 0 unspecified atom stereocenters. The number of nitrogens with one attached hydrogen (secondary N) is 1. The second-order valence-electron chi connectivity index (χ2n) is 4.86. The van der Waals surface area contributed by atoms with E-state index in [0.29, 0.717) is 12.2 Å². The van der Waals surface area contributed by atoms with Gasteiger partial charge >= 0.3 is 5.97 Å². The van der Waals surface area contributed by atoms with Crippen LogP contribution >= 0.6 is 0 Å². The number of ether oxygens (including phenoxy) is 1. The first kappa shape index (κ1) is 14.4. The van der Waals surface area contributed by atoms with E-state index in [1.54, 1.807) is 0 Å². The van der Waals surface area contributed by atoms with Crippen molar-refractivity contribution in [3.05, 3.63) is 29.6 Å². The highest BCUT2D eigenvalue weighted by Crippen LogP contribution is 2.21. The van der Waals surface area contributed by atoms with Gasteiger partial charge in [0.25, 0.3) is 0 Å². The first-order chi connectivity index (χ1) is 8.39. The fraction of sp³-hybridized carbons (Fsp3) is 0.462. The molecule has 2 N–H and O–H groups in total. The third kappa shape index (κ3) is 3.70. The van der Waals surface area contributed by atoms with E-state index in [1.165, 1.54) is 19.2 Å². The summed E-state index contributed by atoms with van der Waals surface area (Å²) in [5.41, 5.74) is 0.304. The molecule has 0 aliphatic heterocycles. The Morgan fingerprint density at radius 1 is 1.50 bits per heavy atom. The quantitative estimate of drug-likeness (QED) is 0.790. The van der Waals surface area contributed by atoms with Crippen LogP contribution in [0.1, 0.15) is 24.2 Å². The summed E-state index contributed by atoms with van der Waals surface area (Å²) in [6.45, 7) is 4.22. The van der Waals surface area contributed by atoms with Crippen LogP contribution < -0.4 is 5.32 Å². The second kappa shape index (κ2) is 5.82. The van der Waals surface area contributed by atoms with Crippen LogP contribution in [0.25, 0.3) is 0 Å². The van der Waals surface area contributed by atoms with E-state index in [-0.39, 0.29) is 17.6 Å². The molecule has 1 aromatic carbocycles. The number of halogens is 1. The zero-order valence-corrected chi connectivity index (χ0v) is 10.8. The minimum atomic E-state index is -0.598. The van der Waals surface area contributed by atoms with Gasteiger partial charge in [0.1, 0.15) is 5.82 Å². The van der Waals surface area contributed by atoms with Crippen LogP contribution in [0.5, 0.6) is 0 Å². The molecule has 100 valence electrons. The average Bonchev–Trinajstić information content (AvgIpc) is 2.36. The van der Waals surface area contributed by atoms with Gasteiger partial charge < -0.3 is 15.2 Å². The first-order valence-electron chi connectivity index (χ1n) is 5.62. The SMILES string of the molecule is COC(=O)c1cc(F)ccc1NCC(C)(C)CO. The summed E-state index contributed by atoms with van der Waals surface area (Å²) in [5, 5.41) is 12.2. The molecule has 0 atom stereocenters. The summed E-state index contributed by atoms with van der Waals surface area (Å²) in [5.74, 6) is -1.10. The third-order valence-electron chi connectivity index (χ3n) is 2.57. The van der Waals surface area contributed by atoms with Gasteiger partial charge in [-0.3, -0.25) is 0 Å². The van der Waals surface area contributed by atoms with Gasteiger partial charge in [-0.1, -0.05) is 13.8 Å². The Morgan fingerprint density at radius 3 is 2.72 bits per heavy atom. The van der Waals surface area contributed by atoms with Gasteiger partial charge in [0, 0.05) is 24.3 Å². The van der Waals surface area contributed by atoms with Crippen molar-refractivity contribution in [2.75, 3.05) is 25.6 Å². The number of carbonyl (C=O) groups excluding carboxylic acids is 1. The maximum atomic E-state index is 13.1. The van der Waals surface area contributed by atoms with E-state index in [9.17, 15) is 9.18 Å². The molecule has 1 aromatic rings. The lowest BCUT2D eigenvalue weighted by Gasteiger charge is -2.23. The monoisotopic (exact) mass is 255 g/mol. The van der Waals surface area contributed by atoms with Crippen molar-refractivity contribution in [2.45, 2.75) is 13.8 Å². The number of anilines is 1. The Morgan fingerprint density at radius 2 is 2.17 bits per heavy atom. The lowest BCUT2D eigenvalue weighted by atomic mass is 9.95. The minimum absolute atomic E-state index is 0.00868. The van der Waals surface area contributed by atoms with Gasteiger partial charge in [-0.2, -0.15) is 0 Å². The molecule has 1 rings (SSSR count). The number of carbonyl (C=O) groups is 1. The maximum absolute atomic E-state index is 13.1. The molecular weight excluding hydrogens is 237 g/mol. The Kier molecular flexibility index (Phi) is 4.67. The van der Waals surface area contributed by atoms with Crippen LogP contribution in [-0.4, -0.2) is 31.3 Å². The summed E-state index contributed by atoms with van der Waals surface area (Å²) in [6.07, 6.45) is 0. The number of aliphatic hydroxyl groups is 1. The van der Waals surface area contributed by atoms with E-state index in [1.807, 2.05) is 13.8 Å². The highest BCUT2D eigenvalue weighted by atomic mass is 19.1. The normalized spacial score (nSPS) is 11.2. The zero-order chi connectivity index (χ0) is 13.8. The van der Waals surface area contributed by atoms with E-state index < -0.39 is 11.8 Å².